The Bertz CT molecular complexity index is 182. The average molecular weight is 214 g/mol. The Hall–Kier alpha value is -0.570. The van der Waals surface area contributed by atoms with E-state index >= 15 is 0 Å². The third kappa shape index (κ3) is 4.65. The van der Waals surface area contributed by atoms with Gasteiger partial charge >= 0.3 is 0 Å². The summed E-state index contributed by atoms with van der Waals surface area (Å²) in [6.07, 6.45) is 3.92. The minimum absolute atomic E-state index is 0.111. The normalized spacial score (nSPS) is 14.7. The minimum Gasteiger partial charge on any atom is -0.339 e. The molecule has 2 unspecified atom stereocenters. The summed E-state index contributed by atoms with van der Waals surface area (Å²) in [6, 6.07) is -0.00548. The van der Waals surface area contributed by atoms with Crippen LogP contribution >= 0.6 is 0 Å². The first-order valence-corrected chi connectivity index (χ1v) is 6.14. The fourth-order valence-electron chi connectivity index (χ4n) is 1.67. The third-order valence-corrected chi connectivity index (χ3v) is 2.93. The monoisotopic (exact) mass is 214 g/mol. The number of nitrogens with zero attached hydrogens (tertiary/aromatic N) is 1. The lowest BCUT2D eigenvalue weighted by atomic mass is 10.1. The highest BCUT2D eigenvalue weighted by atomic mass is 16.2. The van der Waals surface area contributed by atoms with E-state index in [1.807, 2.05) is 11.8 Å². The van der Waals surface area contributed by atoms with Crippen molar-refractivity contribution in [3.63, 3.8) is 0 Å². The summed E-state index contributed by atoms with van der Waals surface area (Å²) in [4.78, 5) is 13.9. The molecule has 3 nitrogen and oxygen atoms in total. The summed E-state index contributed by atoms with van der Waals surface area (Å²) in [7, 11) is 0. The van der Waals surface area contributed by atoms with Crippen molar-refractivity contribution in [2.75, 3.05) is 6.54 Å². The van der Waals surface area contributed by atoms with Gasteiger partial charge in [-0.1, -0.05) is 26.7 Å². The summed E-state index contributed by atoms with van der Waals surface area (Å²) in [5.74, 6) is 0.111. The Balaban J connectivity index is 4.24. The molecule has 3 heteroatoms. The van der Waals surface area contributed by atoms with Gasteiger partial charge in [0.15, 0.2) is 0 Å². The molecule has 0 bridgehead atoms. The van der Waals surface area contributed by atoms with Gasteiger partial charge in [0.25, 0.3) is 0 Å². The van der Waals surface area contributed by atoms with Crippen molar-refractivity contribution >= 4 is 5.91 Å². The smallest absolute Gasteiger partial charge is 0.239 e. The predicted octanol–water partition coefficient (Wildman–Crippen LogP) is 2.15. The van der Waals surface area contributed by atoms with E-state index in [2.05, 4.69) is 20.8 Å². The van der Waals surface area contributed by atoms with Crippen molar-refractivity contribution in [2.24, 2.45) is 5.73 Å². The van der Waals surface area contributed by atoms with Gasteiger partial charge < -0.3 is 10.6 Å². The molecule has 0 aromatic carbocycles. The van der Waals surface area contributed by atoms with Gasteiger partial charge in [-0.3, -0.25) is 4.79 Å². The van der Waals surface area contributed by atoms with E-state index in [1.165, 1.54) is 0 Å². The Morgan fingerprint density at radius 3 is 2.33 bits per heavy atom. The number of amides is 1. The number of hydrogen-bond donors (Lipinski definition) is 1. The lowest BCUT2D eigenvalue weighted by molar-refractivity contribution is -0.134. The van der Waals surface area contributed by atoms with E-state index in [0.717, 1.165) is 32.2 Å². The second-order valence-corrected chi connectivity index (χ2v) is 4.13. The molecule has 2 atom stereocenters. The number of unbranched alkanes of at least 4 members (excludes halogenated alkanes) is 1. The molecule has 0 aromatic rings. The van der Waals surface area contributed by atoms with E-state index in [-0.39, 0.29) is 11.9 Å². The minimum atomic E-state index is -0.307. The summed E-state index contributed by atoms with van der Waals surface area (Å²) in [5.41, 5.74) is 5.88. The van der Waals surface area contributed by atoms with Crippen molar-refractivity contribution in [1.29, 1.82) is 0 Å². The molecule has 0 saturated carbocycles. The Morgan fingerprint density at radius 2 is 1.93 bits per heavy atom. The highest BCUT2D eigenvalue weighted by Gasteiger charge is 2.22. The second kappa shape index (κ2) is 7.69. The van der Waals surface area contributed by atoms with Crippen molar-refractivity contribution in [3.05, 3.63) is 0 Å². The summed E-state index contributed by atoms with van der Waals surface area (Å²) in [6.45, 7) is 9.06. The van der Waals surface area contributed by atoms with E-state index in [4.69, 9.17) is 5.73 Å². The lowest BCUT2D eigenvalue weighted by Crippen LogP contribution is -2.47. The quantitative estimate of drug-likeness (QED) is 0.706. The maximum atomic E-state index is 12.0. The number of carbonyl (C=O) groups excluding carboxylic acids is 1. The molecule has 0 fully saturated rings. The highest BCUT2D eigenvalue weighted by molar-refractivity contribution is 5.81. The molecule has 0 rings (SSSR count). The van der Waals surface area contributed by atoms with Gasteiger partial charge in [0, 0.05) is 12.6 Å². The number of rotatable bonds is 7. The van der Waals surface area contributed by atoms with Gasteiger partial charge in [-0.25, -0.2) is 0 Å². The fraction of sp³-hybridized carbons (Fsp3) is 0.917. The van der Waals surface area contributed by atoms with Crippen LogP contribution in [0.1, 0.15) is 53.4 Å². The average Bonchev–Trinajstić information content (AvgIpc) is 2.26. The van der Waals surface area contributed by atoms with Crippen LogP contribution in [0.25, 0.3) is 0 Å². The van der Waals surface area contributed by atoms with Gasteiger partial charge in [-0.2, -0.15) is 0 Å². The van der Waals surface area contributed by atoms with Crippen LogP contribution in [0.5, 0.6) is 0 Å². The van der Waals surface area contributed by atoms with Crippen LogP contribution in [-0.2, 0) is 4.79 Å². The molecular weight excluding hydrogens is 188 g/mol. The lowest BCUT2D eigenvalue weighted by Gasteiger charge is -2.29. The first kappa shape index (κ1) is 14.4. The molecule has 90 valence electrons. The van der Waals surface area contributed by atoms with Crippen molar-refractivity contribution < 1.29 is 4.79 Å². The molecule has 0 spiro atoms. The van der Waals surface area contributed by atoms with Crippen LogP contribution in [0, 0.1) is 0 Å². The number of carbonyl (C=O) groups is 1. The predicted molar refractivity (Wildman–Crippen MR) is 64.6 cm³/mol. The Kier molecular flexibility index (Phi) is 7.39. The molecule has 15 heavy (non-hydrogen) atoms. The Labute approximate surface area is 94.0 Å². The molecule has 0 aromatic heterocycles. The van der Waals surface area contributed by atoms with Crippen molar-refractivity contribution in [1.82, 2.24) is 4.90 Å². The molecule has 0 heterocycles. The summed E-state index contributed by atoms with van der Waals surface area (Å²) < 4.78 is 0. The van der Waals surface area contributed by atoms with Gasteiger partial charge in [0.05, 0.1) is 6.04 Å². The largest absolute Gasteiger partial charge is 0.339 e. The van der Waals surface area contributed by atoms with Crippen molar-refractivity contribution in [3.8, 4) is 0 Å². The van der Waals surface area contributed by atoms with E-state index < -0.39 is 0 Å². The molecule has 1 amide bonds. The van der Waals surface area contributed by atoms with E-state index in [1.54, 1.807) is 0 Å². The molecule has 0 aliphatic rings. The number of nitrogens with two attached hydrogens (primary N) is 1. The van der Waals surface area contributed by atoms with Gasteiger partial charge in [-0.15, -0.1) is 0 Å². The molecule has 0 aliphatic carbocycles. The van der Waals surface area contributed by atoms with Crippen molar-refractivity contribution in [2.45, 2.75) is 65.5 Å². The summed E-state index contributed by atoms with van der Waals surface area (Å²) in [5, 5.41) is 0. The van der Waals surface area contributed by atoms with Crippen LogP contribution < -0.4 is 5.73 Å². The maximum Gasteiger partial charge on any atom is 0.239 e. The molecular formula is C12H26N2O. The van der Waals surface area contributed by atoms with Crippen LogP contribution in [0.3, 0.4) is 0 Å². The SMILES string of the molecule is CCCCC(N)C(=O)N(CC)C(C)CC. The second-order valence-electron chi connectivity index (χ2n) is 4.13. The zero-order valence-corrected chi connectivity index (χ0v) is 10.6. The van der Waals surface area contributed by atoms with Gasteiger partial charge in [-0.05, 0) is 26.7 Å². The first-order valence-electron chi connectivity index (χ1n) is 6.14. The Morgan fingerprint density at radius 1 is 1.33 bits per heavy atom. The van der Waals surface area contributed by atoms with E-state index in [0.29, 0.717) is 6.04 Å². The zero-order valence-electron chi connectivity index (χ0n) is 10.6. The van der Waals surface area contributed by atoms with Gasteiger partial charge in [0.1, 0.15) is 0 Å². The maximum absolute atomic E-state index is 12.0. The van der Waals surface area contributed by atoms with Crippen LogP contribution in [-0.4, -0.2) is 29.4 Å². The van der Waals surface area contributed by atoms with Gasteiger partial charge in [0.2, 0.25) is 5.91 Å². The zero-order chi connectivity index (χ0) is 11.8. The summed E-state index contributed by atoms with van der Waals surface area (Å²) >= 11 is 0. The molecule has 0 saturated heterocycles. The third-order valence-electron chi connectivity index (χ3n) is 2.93. The molecule has 2 N–H and O–H groups in total. The van der Waals surface area contributed by atoms with Crippen LogP contribution in [0.2, 0.25) is 0 Å². The molecule has 0 radical (unpaired) electrons. The number of hydrogen-bond acceptors (Lipinski definition) is 2. The van der Waals surface area contributed by atoms with Crippen LogP contribution in [0.15, 0.2) is 0 Å². The molecule has 0 aliphatic heterocycles. The highest BCUT2D eigenvalue weighted by Crippen LogP contribution is 2.08. The topological polar surface area (TPSA) is 46.3 Å². The van der Waals surface area contributed by atoms with Crippen LogP contribution in [0.4, 0.5) is 0 Å². The van der Waals surface area contributed by atoms with E-state index in [9.17, 15) is 4.79 Å². The standard InChI is InChI=1S/C12H26N2O/c1-5-8-9-11(13)12(15)14(7-3)10(4)6-2/h10-11H,5-9,13H2,1-4H3. The number of likely N-dealkylation sites (N-methyl/N-ethyl adjacent to an activating group) is 1. The fourth-order valence-corrected chi connectivity index (χ4v) is 1.67. The first-order chi connectivity index (χ1) is 7.08.